The summed E-state index contributed by atoms with van der Waals surface area (Å²) in [6, 6.07) is 4.78. The largest absolute Gasteiger partial charge is 0.488 e. The van der Waals surface area contributed by atoms with E-state index in [0.717, 1.165) is 11.1 Å². The number of carbonyl (C=O) groups is 1. The van der Waals surface area contributed by atoms with Gasteiger partial charge in [-0.25, -0.2) is 0 Å². The smallest absolute Gasteiger partial charge is 0.481 e. The van der Waals surface area contributed by atoms with Crippen molar-refractivity contribution in [3.63, 3.8) is 0 Å². The van der Waals surface area contributed by atoms with Gasteiger partial charge >= 0.3 is 13.1 Å². The third-order valence-electron chi connectivity index (χ3n) is 2.25. The number of carboxylic acid groups (broad SMARTS) is 1. The number of rotatable bonds is 4. The Morgan fingerprint density at radius 1 is 1.33 bits per heavy atom. The zero-order valence-electron chi connectivity index (χ0n) is 8.47. The summed E-state index contributed by atoms with van der Waals surface area (Å²) >= 11 is 0. The lowest BCUT2D eigenvalue weighted by Gasteiger charge is -2.08. The highest BCUT2D eigenvalue weighted by Gasteiger charge is 2.13. The molecule has 3 N–H and O–H groups in total. The third kappa shape index (κ3) is 3.07. The molecule has 5 heteroatoms. The van der Waals surface area contributed by atoms with Gasteiger partial charge in [0.1, 0.15) is 0 Å². The Morgan fingerprint density at radius 2 is 2.00 bits per heavy atom. The van der Waals surface area contributed by atoms with Crippen molar-refractivity contribution in [2.45, 2.75) is 19.8 Å². The van der Waals surface area contributed by atoms with E-state index in [0.29, 0.717) is 11.9 Å². The zero-order chi connectivity index (χ0) is 11.4. The predicted octanol–water partition coefficient (Wildman–Crippen LogP) is -0.444. The van der Waals surface area contributed by atoms with Gasteiger partial charge in [-0.2, -0.15) is 0 Å². The van der Waals surface area contributed by atoms with Crippen molar-refractivity contribution >= 4 is 18.6 Å². The molecule has 0 radical (unpaired) electrons. The molecule has 0 aromatic heterocycles. The molecule has 0 unspecified atom stereocenters. The second kappa shape index (κ2) is 4.95. The van der Waals surface area contributed by atoms with Crippen LogP contribution < -0.4 is 5.46 Å². The van der Waals surface area contributed by atoms with Crippen LogP contribution in [0.15, 0.2) is 18.2 Å². The van der Waals surface area contributed by atoms with Crippen molar-refractivity contribution in [3.8, 4) is 0 Å². The topological polar surface area (TPSA) is 77.8 Å². The molecule has 15 heavy (non-hydrogen) atoms. The Balaban J connectivity index is 3.03. The molecular weight excluding hydrogens is 195 g/mol. The highest BCUT2D eigenvalue weighted by molar-refractivity contribution is 6.58. The molecule has 0 fully saturated rings. The molecular formula is C10H13BO4. The highest BCUT2D eigenvalue weighted by Crippen LogP contribution is 2.09. The average molecular weight is 208 g/mol. The highest BCUT2D eigenvalue weighted by atomic mass is 16.4. The number of carboxylic acids is 1. The lowest BCUT2D eigenvalue weighted by atomic mass is 9.78. The van der Waals surface area contributed by atoms with Gasteiger partial charge in [-0.05, 0) is 23.0 Å². The zero-order valence-corrected chi connectivity index (χ0v) is 8.47. The van der Waals surface area contributed by atoms with Gasteiger partial charge in [0.05, 0.1) is 6.42 Å². The SMILES string of the molecule is CCc1cc(B(O)O)ccc1CC(=O)O. The first-order chi connectivity index (χ1) is 7.04. The first-order valence-corrected chi connectivity index (χ1v) is 4.74. The first kappa shape index (κ1) is 11.7. The number of hydrogen-bond acceptors (Lipinski definition) is 3. The second-order valence-electron chi connectivity index (χ2n) is 3.33. The quantitative estimate of drug-likeness (QED) is 0.586. The van der Waals surface area contributed by atoms with Gasteiger partial charge in [0.25, 0.3) is 0 Å². The molecule has 0 aliphatic rings. The monoisotopic (exact) mass is 208 g/mol. The van der Waals surface area contributed by atoms with Gasteiger partial charge in [0.2, 0.25) is 0 Å². The molecule has 0 spiro atoms. The minimum Gasteiger partial charge on any atom is -0.481 e. The van der Waals surface area contributed by atoms with Crippen molar-refractivity contribution in [2.24, 2.45) is 0 Å². The molecule has 0 amide bonds. The Hall–Kier alpha value is -1.33. The van der Waals surface area contributed by atoms with E-state index in [-0.39, 0.29) is 6.42 Å². The van der Waals surface area contributed by atoms with Gasteiger partial charge in [-0.15, -0.1) is 0 Å². The van der Waals surface area contributed by atoms with Crippen molar-refractivity contribution in [1.82, 2.24) is 0 Å². The molecule has 0 aliphatic heterocycles. The van der Waals surface area contributed by atoms with E-state index in [1.54, 1.807) is 12.1 Å². The van der Waals surface area contributed by atoms with E-state index in [4.69, 9.17) is 15.2 Å². The molecule has 0 saturated heterocycles. The summed E-state index contributed by atoms with van der Waals surface area (Å²) in [6.45, 7) is 1.90. The summed E-state index contributed by atoms with van der Waals surface area (Å²) in [4.78, 5) is 10.6. The molecule has 0 heterocycles. The van der Waals surface area contributed by atoms with Crippen molar-refractivity contribution in [1.29, 1.82) is 0 Å². The maximum atomic E-state index is 10.6. The Labute approximate surface area is 88.3 Å². The van der Waals surface area contributed by atoms with Crippen LogP contribution in [0.5, 0.6) is 0 Å². The van der Waals surface area contributed by atoms with Crippen molar-refractivity contribution in [3.05, 3.63) is 29.3 Å². The molecule has 80 valence electrons. The standard InChI is InChI=1S/C10H13BO4/c1-2-7-5-9(11(14)15)4-3-8(7)6-10(12)13/h3-5,14-15H,2,6H2,1H3,(H,12,13). The fraction of sp³-hybridized carbons (Fsp3) is 0.300. The second-order valence-corrected chi connectivity index (χ2v) is 3.33. The summed E-state index contributed by atoms with van der Waals surface area (Å²) in [7, 11) is -1.51. The van der Waals surface area contributed by atoms with Crippen LogP contribution in [-0.2, 0) is 17.6 Å². The van der Waals surface area contributed by atoms with Crippen LogP contribution in [0.1, 0.15) is 18.1 Å². The molecule has 1 rings (SSSR count). The van der Waals surface area contributed by atoms with E-state index in [9.17, 15) is 4.79 Å². The van der Waals surface area contributed by atoms with Gasteiger partial charge in [-0.1, -0.05) is 25.1 Å². The average Bonchev–Trinajstić information content (AvgIpc) is 2.17. The Bertz CT molecular complexity index is 362. The normalized spacial score (nSPS) is 10.1. The van der Waals surface area contributed by atoms with Crippen LogP contribution in [0.25, 0.3) is 0 Å². The van der Waals surface area contributed by atoms with Crippen LogP contribution in [0.4, 0.5) is 0 Å². The summed E-state index contributed by atoms with van der Waals surface area (Å²) < 4.78 is 0. The van der Waals surface area contributed by atoms with E-state index in [1.807, 2.05) is 6.92 Å². The van der Waals surface area contributed by atoms with Crippen molar-refractivity contribution in [2.75, 3.05) is 0 Å². The lowest BCUT2D eigenvalue weighted by molar-refractivity contribution is -0.136. The van der Waals surface area contributed by atoms with Crippen molar-refractivity contribution < 1.29 is 19.9 Å². The van der Waals surface area contributed by atoms with Crippen LogP contribution in [0.2, 0.25) is 0 Å². The summed E-state index contributed by atoms with van der Waals surface area (Å²) in [5.74, 6) is -0.887. The summed E-state index contributed by atoms with van der Waals surface area (Å²) in [6.07, 6.45) is 0.633. The van der Waals surface area contributed by atoms with E-state index in [2.05, 4.69) is 0 Å². The van der Waals surface area contributed by atoms with Crippen LogP contribution in [-0.4, -0.2) is 28.2 Å². The maximum Gasteiger partial charge on any atom is 0.488 e. The van der Waals surface area contributed by atoms with E-state index < -0.39 is 13.1 Å². The van der Waals surface area contributed by atoms with Gasteiger partial charge in [0, 0.05) is 0 Å². The summed E-state index contributed by atoms with van der Waals surface area (Å²) in [5, 5.41) is 26.6. The molecule has 1 aromatic carbocycles. The van der Waals surface area contributed by atoms with E-state index >= 15 is 0 Å². The number of hydrogen-bond donors (Lipinski definition) is 3. The maximum absolute atomic E-state index is 10.6. The molecule has 0 bridgehead atoms. The Kier molecular flexibility index (Phi) is 3.88. The predicted molar refractivity (Wildman–Crippen MR) is 57.0 cm³/mol. The minimum atomic E-state index is -1.51. The number of benzene rings is 1. The fourth-order valence-corrected chi connectivity index (χ4v) is 1.47. The van der Waals surface area contributed by atoms with Gasteiger partial charge in [-0.3, -0.25) is 4.79 Å². The van der Waals surface area contributed by atoms with Crippen LogP contribution >= 0.6 is 0 Å². The van der Waals surface area contributed by atoms with Crippen LogP contribution in [0.3, 0.4) is 0 Å². The molecule has 1 aromatic rings. The third-order valence-corrected chi connectivity index (χ3v) is 2.25. The van der Waals surface area contributed by atoms with E-state index in [1.165, 1.54) is 6.07 Å². The Morgan fingerprint density at radius 3 is 2.47 bits per heavy atom. The number of aliphatic carboxylic acids is 1. The molecule has 0 saturated carbocycles. The molecule has 0 atom stereocenters. The number of aryl methyl sites for hydroxylation is 1. The minimum absolute atomic E-state index is 0.0367. The molecule has 4 nitrogen and oxygen atoms in total. The van der Waals surface area contributed by atoms with Gasteiger partial charge < -0.3 is 15.2 Å². The van der Waals surface area contributed by atoms with Gasteiger partial charge in [0.15, 0.2) is 0 Å². The first-order valence-electron chi connectivity index (χ1n) is 4.74. The lowest BCUT2D eigenvalue weighted by Crippen LogP contribution is -2.30. The molecule has 0 aliphatic carbocycles. The van der Waals surface area contributed by atoms with Crippen LogP contribution in [0, 0.1) is 0 Å². The summed E-state index contributed by atoms with van der Waals surface area (Å²) in [5.41, 5.74) is 1.94. The fourth-order valence-electron chi connectivity index (χ4n) is 1.47.